The molecule has 0 aliphatic carbocycles. The third-order valence-electron chi connectivity index (χ3n) is 5.32. The summed E-state index contributed by atoms with van der Waals surface area (Å²) in [7, 11) is 1.73. The van der Waals surface area contributed by atoms with Crippen molar-refractivity contribution in [1.82, 2.24) is 9.55 Å². The van der Waals surface area contributed by atoms with Crippen molar-refractivity contribution in [3.8, 4) is 0 Å². The number of nitrogens with zero attached hydrogens (tertiary/aromatic N) is 3. The average Bonchev–Trinajstić information content (AvgIpc) is 2.91. The molecule has 1 aromatic heterocycles. The normalized spacial score (nSPS) is 16.2. The summed E-state index contributed by atoms with van der Waals surface area (Å²) < 4.78 is 1.58. The van der Waals surface area contributed by atoms with E-state index in [4.69, 9.17) is 4.98 Å². The number of para-hydroxylation sites is 1. The minimum Gasteiger partial charge on any atom is -0.312 e. The molecule has 5 nitrogen and oxygen atoms in total. The first-order valence-corrected chi connectivity index (χ1v) is 9.37. The molecule has 138 valence electrons. The van der Waals surface area contributed by atoms with Crippen molar-refractivity contribution in [2.75, 3.05) is 11.4 Å². The number of rotatable bonds is 4. The van der Waals surface area contributed by atoms with Crippen LogP contribution < -0.4 is 10.5 Å². The molecule has 27 heavy (non-hydrogen) atoms. The molecule has 2 heterocycles. The van der Waals surface area contributed by atoms with Gasteiger partial charge < -0.3 is 4.90 Å². The zero-order valence-corrected chi connectivity index (χ0v) is 15.9. The van der Waals surface area contributed by atoms with Gasteiger partial charge in [0.05, 0.1) is 16.8 Å². The molecule has 1 aliphatic heterocycles. The third kappa shape index (κ3) is 2.83. The van der Waals surface area contributed by atoms with E-state index in [0.29, 0.717) is 29.7 Å². The van der Waals surface area contributed by atoms with Crippen molar-refractivity contribution in [3.63, 3.8) is 0 Å². The number of fused-ring (bicyclic) bond motifs is 2. The van der Waals surface area contributed by atoms with Crippen molar-refractivity contribution >= 4 is 22.5 Å². The van der Waals surface area contributed by atoms with Crippen molar-refractivity contribution in [2.24, 2.45) is 7.05 Å². The van der Waals surface area contributed by atoms with Gasteiger partial charge in [-0.2, -0.15) is 0 Å². The number of aromatic nitrogens is 2. The van der Waals surface area contributed by atoms with Gasteiger partial charge >= 0.3 is 0 Å². The van der Waals surface area contributed by atoms with Gasteiger partial charge in [-0.3, -0.25) is 14.2 Å². The number of aryl methyl sites for hydroxylation is 1. The lowest BCUT2D eigenvalue weighted by Crippen LogP contribution is -2.31. The molecule has 0 bridgehead atoms. The van der Waals surface area contributed by atoms with Gasteiger partial charge in [-0.15, -0.1) is 0 Å². The molecule has 0 saturated carbocycles. The molecule has 2 aromatic carbocycles. The van der Waals surface area contributed by atoms with E-state index in [9.17, 15) is 9.59 Å². The highest BCUT2D eigenvalue weighted by Crippen LogP contribution is 2.39. The highest BCUT2D eigenvalue weighted by atomic mass is 16.2. The van der Waals surface area contributed by atoms with Gasteiger partial charge in [0.2, 0.25) is 5.91 Å². The second kappa shape index (κ2) is 6.65. The third-order valence-corrected chi connectivity index (χ3v) is 5.32. The topological polar surface area (TPSA) is 55.2 Å². The summed E-state index contributed by atoms with van der Waals surface area (Å²) >= 11 is 0. The SMILES string of the molecule is CCCN1C(=O)[C@@H](Cc2nc3ccccc3c(=O)n2C)c2cc(C)ccc21. The second-order valence-corrected chi connectivity index (χ2v) is 7.22. The van der Waals surface area contributed by atoms with E-state index < -0.39 is 0 Å². The number of anilines is 1. The Kier molecular flexibility index (Phi) is 4.30. The smallest absolute Gasteiger partial charge is 0.261 e. The van der Waals surface area contributed by atoms with Crippen LogP contribution in [0, 0.1) is 6.92 Å². The summed E-state index contributed by atoms with van der Waals surface area (Å²) in [5, 5.41) is 0.602. The molecule has 0 fully saturated rings. The van der Waals surface area contributed by atoms with Gasteiger partial charge in [0, 0.05) is 25.7 Å². The van der Waals surface area contributed by atoms with Gasteiger partial charge in [-0.05, 0) is 37.1 Å². The fourth-order valence-electron chi connectivity index (χ4n) is 3.92. The first-order chi connectivity index (χ1) is 13.0. The Bertz CT molecular complexity index is 1100. The Labute approximate surface area is 158 Å². The standard InChI is InChI=1S/C22H23N3O2/c1-4-11-25-19-10-9-14(2)12-16(19)17(22(25)27)13-20-23-18-8-6-5-7-15(18)21(26)24(20)3/h5-10,12,17H,4,11,13H2,1-3H3/t17-/m0/s1. The monoisotopic (exact) mass is 361 g/mol. The molecule has 4 rings (SSSR count). The Hall–Kier alpha value is -2.95. The maximum Gasteiger partial charge on any atom is 0.261 e. The lowest BCUT2D eigenvalue weighted by molar-refractivity contribution is -0.119. The number of carbonyl (C=O) groups is 1. The quantitative estimate of drug-likeness (QED) is 0.716. The largest absolute Gasteiger partial charge is 0.312 e. The Morgan fingerprint density at radius 3 is 2.67 bits per heavy atom. The zero-order valence-electron chi connectivity index (χ0n) is 15.9. The van der Waals surface area contributed by atoms with Crippen LogP contribution in [-0.4, -0.2) is 22.0 Å². The van der Waals surface area contributed by atoms with Gasteiger partial charge in [-0.1, -0.05) is 36.8 Å². The molecule has 1 aliphatic rings. The Morgan fingerprint density at radius 1 is 1.11 bits per heavy atom. The highest BCUT2D eigenvalue weighted by Gasteiger charge is 2.37. The fourth-order valence-corrected chi connectivity index (χ4v) is 3.92. The summed E-state index contributed by atoms with van der Waals surface area (Å²) in [6.45, 7) is 4.81. The van der Waals surface area contributed by atoms with E-state index in [-0.39, 0.29) is 17.4 Å². The number of carbonyl (C=O) groups excluding carboxylic acids is 1. The first kappa shape index (κ1) is 17.5. The Morgan fingerprint density at radius 2 is 1.89 bits per heavy atom. The van der Waals surface area contributed by atoms with Gasteiger partial charge in [-0.25, -0.2) is 4.98 Å². The van der Waals surface area contributed by atoms with E-state index in [2.05, 4.69) is 13.0 Å². The van der Waals surface area contributed by atoms with E-state index >= 15 is 0 Å². The lowest BCUT2D eigenvalue weighted by Gasteiger charge is -2.17. The average molecular weight is 361 g/mol. The Balaban J connectivity index is 1.80. The molecule has 0 N–H and O–H groups in total. The number of benzene rings is 2. The maximum atomic E-state index is 13.1. The molecule has 1 atom stereocenters. The van der Waals surface area contributed by atoms with Gasteiger partial charge in [0.25, 0.3) is 5.56 Å². The second-order valence-electron chi connectivity index (χ2n) is 7.22. The van der Waals surface area contributed by atoms with Crippen LogP contribution in [0.3, 0.4) is 0 Å². The summed E-state index contributed by atoms with van der Waals surface area (Å²) in [5.74, 6) is 0.438. The molecule has 0 radical (unpaired) electrons. The van der Waals surface area contributed by atoms with E-state index in [1.165, 1.54) is 0 Å². The zero-order chi connectivity index (χ0) is 19.1. The van der Waals surface area contributed by atoms with Crippen LogP contribution in [-0.2, 0) is 18.3 Å². The van der Waals surface area contributed by atoms with Crippen molar-refractivity contribution < 1.29 is 4.79 Å². The van der Waals surface area contributed by atoms with Crippen molar-refractivity contribution in [2.45, 2.75) is 32.6 Å². The van der Waals surface area contributed by atoms with Crippen molar-refractivity contribution in [3.05, 3.63) is 69.8 Å². The van der Waals surface area contributed by atoms with Crippen LogP contribution in [0.5, 0.6) is 0 Å². The van der Waals surface area contributed by atoms with Crippen LogP contribution >= 0.6 is 0 Å². The molecular weight excluding hydrogens is 338 g/mol. The van der Waals surface area contributed by atoms with Crippen LogP contribution in [0.15, 0.2) is 47.3 Å². The van der Waals surface area contributed by atoms with E-state index in [0.717, 1.165) is 23.2 Å². The summed E-state index contributed by atoms with van der Waals surface area (Å²) in [4.78, 5) is 32.4. The molecule has 5 heteroatoms. The van der Waals surface area contributed by atoms with Crippen molar-refractivity contribution in [1.29, 1.82) is 0 Å². The maximum absolute atomic E-state index is 13.1. The summed E-state index contributed by atoms with van der Waals surface area (Å²) in [6, 6.07) is 13.5. The number of hydrogen-bond donors (Lipinski definition) is 0. The molecule has 0 saturated heterocycles. The van der Waals surface area contributed by atoms with Gasteiger partial charge in [0.1, 0.15) is 5.82 Å². The van der Waals surface area contributed by atoms with Crippen LogP contribution in [0.25, 0.3) is 10.9 Å². The van der Waals surface area contributed by atoms with E-state index in [1.54, 1.807) is 17.7 Å². The molecular formula is C22H23N3O2. The molecule has 0 unspecified atom stereocenters. The predicted molar refractivity (Wildman–Crippen MR) is 107 cm³/mol. The molecule has 3 aromatic rings. The first-order valence-electron chi connectivity index (χ1n) is 9.37. The predicted octanol–water partition coefficient (Wildman–Crippen LogP) is 3.32. The number of hydrogen-bond acceptors (Lipinski definition) is 3. The highest BCUT2D eigenvalue weighted by molar-refractivity contribution is 6.05. The van der Waals surface area contributed by atoms with E-state index in [1.807, 2.05) is 42.2 Å². The lowest BCUT2D eigenvalue weighted by atomic mass is 9.95. The van der Waals surface area contributed by atoms with Crippen LogP contribution in [0.2, 0.25) is 0 Å². The van der Waals surface area contributed by atoms with Gasteiger partial charge in [0.15, 0.2) is 0 Å². The molecule has 0 spiro atoms. The number of amides is 1. The summed E-state index contributed by atoms with van der Waals surface area (Å²) in [5.41, 5.74) is 3.76. The summed E-state index contributed by atoms with van der Waals surface area (Å²) in [6.07, 6.45) is 1.32. The minimum absolute atomic E-state index is 0.0732. The minimum atomic E-state index is -0.300. The van der Waals surface area contributed by atoms with Crippen LogP contribution in [0.1, 0.15) is 36.2 Å². The van der Waals surface area contributed by atoms with Crippen LogP contribution in [0.4, 0.5) is 5.69 Å². The fraction of sp³-hybridized carbons (Fsp3) is 0.318. The molecule has 1 amide bonds.